The van der Waals surface area contributed by atoms with Gasteiger partial charge in [-0.05, 0) is 38.0 Å². The Balaban J connectivity index is 1.84. The van der Waals surface area contributed by atoms with Crippen LogP contribution in [0.3, 0.4) is 0 Å². The molecule has 22 heavy (non-hydrogen) atoms. The molecule has 0 saturated carbocycles. The van der Waals surface area contributed by atoms with E-state index in [2.05, 4.69) is 16.4 Å². The molecule has 116 valence electrons. The molecular weight excluding hydrogens is 296 g/mol. The number of amides is 1. The number of aromatic nitrogens is 1. The maximum absolute atomic E-state index is 11.8. The standard InChI is InChI=1S/C17H20N2O2S/c1-12-4-6-16(21-3)14(10-12)8-9-18-17(20)7-5-15-11-22-13(2)19-15/h4-7,10-11H,8-9H2,1-3H3,(H,18,20)/b7-5+. The van der Waals surface area contributed by atoms with E-state index in [0.29, 0.717) is 6.54 Å². The number of ether oxygens (including phenoxy) is 1. The molecule has 0 fully saturated rings. The van der Waals surface area contributed by atoms with E-state index in [1.54, 1.807) is 24.5 Å². The van der Waals surface area contributed by atoms with Gasteiger partial charge in [0.2, 0.25) is 5.91 Å². The number of hydrogen-bond acceptors (Lipinski definition) is 4. The number of rotatable bonds is 6. The lowest BCUT2D eigenvalue weighted by atomic mass is 10.1. The molecule has 2 rings (SSSR count). The van der Waals surface area contributed by atoms with E-state index in [1.165, 1.54) is 11.6 Å². The summed E-state index contributed by atoms with van der Waals surface area (Å²) in [5.74, 6) is 0.741. The fraction of sp³-hybridized carbons (Fsp3) is 0.294. The zero-order chi connectivity index (χ0) is 15.9. The van der Waals surface area contributed by atoms with Crippen LogP contribution in [0.1, 0.15) is 21.8 Å². The normalized spacial score (nSPS) is 10.9. The van der Waals surface area contributed by atoms with Gasteiger partial charge in [0.05, 0.1) is 17.8 Å². The molecule has 0 bridgehead atoms. The highest BCUT2D eigenvalue weighted by molar-refractivity contribution is 7.09. The minimum absolute atomic E-state index is 0.114. The second-order valence-corrected chi connectivity index (χ2v) is 6.04. The van der Waals surface area contributed by atoms with Crippen molar-refractivity contribution in [1.82, 2.24) is 10.3 Å². The van der Waals surface area contributed by atoms with Crippen molar-refractivity contribution in [3.8, 4) is 5.75 Å². The molecule has 0 unspecified atom stereocenters. The Morgan fingerprint density at radius 3 is 2.91 bits per heavy atom. The molecule has 0 aliphatic heterocycles. The summed E-state index contributed by atoms with van der Waals surface area (Å²) < 4.78 is 5.33. The second kappa shape index (κ2) is 7.75. The zero-order valence-corrected chi connectivity index (χ0v) is 13.9. The molecule has 0 aliphatic rings. The highest BCUT2D eigenvalue weighted by Crippen LogP contribution is 2.19. The maximum Gasteiger partial charge on any atom is 0.244 e. The van der Waals surface area contributed by atoms with E-state index in [-0.39, 0.29) is 5.91 Å². The minimum atomic E-state index is -0.114. The molecular formula is C17H20N2O2S. The Bertz CT molecular complexity index is 677. The summed E-state index contributed by atoms with van der Waals surface area (Å²) in [7, 11) is 1.66. The van der Waals surface area contributed by atoms with Crippen molar-refractivity contribution in [2.24, 2.45) is 0 Å². The summed E-state index contributed by atoms with van der Waals surface area (Å²) in [4.78, 5) is 16.1. The summed E-state index contributed by atoms with van der Waals surface area (Å²) in [5.41, 5.74) is 3.10. The van der Waals surface area contributed by atoms with Crippen LogP contribution in [0.15, 0.2) is 29.7 Å². The lowest BCUT2D eigenvalue weighted by molar-refractivity contribution is -0.116. The molecule has 0 spiro atoms. The van der Waals surface area contributed by atoms with Gasteiger partial charge in [0.25, 0.3) is 0 Å². The largest absolute Gasteiger partial charge is 0.496 e. The second-order valence-electron chi connectivity index (χ2n) is 4.98. The number of carbonyl (C=O) groups excluding carboxylic acids is 1. The highest BCUT2D eigenvalue weighted by atomic mass is 32.1. The van der Waals surface area contributed by atoms with Crippen molar-refractivity contribution in [1.29, 1.82) is 0 Å². The molecule has 0 aliphatic carbocycles. The Labute approximate surface area is 134 Å². The summed E-state index contributed by atoms with van der Waals surface area (Å²) >= 11 is 1.57. The molecule has 1 heterocycles. The molecule has 1 N–H and O–H groups in total. The van der Waals surface area contributed by atoms with E-state index in [9.17, 15) is 4.79 Å². The number of nitrogens with zero attached hydrogens (tertiary/aromatic N) is 1. The number of benzene rings is 1. The van der Waals surface area contributed by atoms with Gasteiger partial charge in [-0.15, -0.1) is 11.3 Å². The third-order valence-corrected chi connectivity index (χ3v) is 3.96. The van der Waals surface area contributed by atoms with Crippen LogP contribution in [-0.4, -0.2) is 24.5 Å². The molecule has 1 aromatic heterocycles. The predicted octanol–water partition coefficient (Wildman–Crippen LogP) is 3.14. The lowest BCUT2D eigenvalue weighted by Gasteiger charge is -2.09. The van der Waals surface area contributed by atoms with Gasteiger partial charge >= 0.3 is 0 Å². The molecule has 0 saturated heterocycles. The van der Waals surface area contributed by atoms with Crippen LogP contribution in [0.25, 0.3) is 6.08 Å². The highest BCUT2D eigenvalue weighted by Gasteiger charge is 2.04. The average molecular weight is 316 g/mol. The number of carbonyl (C=O) groups is 1. The molecule has 4 nitrogen and oxygen atoms in total. The first-order valence-corrected chi connectivity index (χ1v) is 7.98. The van der Waals surface area contributed by atoms with Gasteiger partial charge in [-0.25, -0.2) is 4.98 Å². The first-order chi connectivity index (χ1) is 10.6. The predicted molar refractivity (Wildman–Crippen MR) is 90.3 cm³/mol. The number of thiazole rings is 1. The van der Waals surface area contributed by atoms with Crippen LogP contribution >= 0.6 is 11.3 Å². The Morgan fingerprint density at radius 1 is 1.41 bits per heavy atom. The molecule has 0 atom stereocenters. The smallest absolute Gasteiger partial charge is 0.244 e. The van der Waals surface area contributed by atoms with E-state index < -0.39 is 0 Å². The van der Waals surface area contributed by atoms with Gasteiger partial charge in [0.1, 0.15) is 5.75 Å². The molecule has 2 aromatic rings. The van der Waals surface area contributed by atoms with Crippen LogP contribution in [-0.2, 0) is 11.2 Å². The van der Waals surface area contributed by atoms with Crippen molar-refractivity contribution in [2.45, 2.75) is 20.3 Å². The SMILES string of the molecule is COc1ccc(C)cc1CCNC(=O)/C=C/c1csc(C)n1. The van der Waals surface area contributed by atoms with Crippen LogP contribution in [0, 0.1) is 13.8 Å². The Hall–Kier alpha value is -2.14. The van der Waals surface area contributed by atoms with Crippen LogP contribution in [0.4, 0.5) is 0 Å². The van der Waals surface area contributed by atoms with Crippen LogP contribution < -0.4 is 10.1 Å². The number of nitrogens with one attached hydrogen (secondary N) is 1. The fourth-order valence-corrected chi connectivity index (χ4v) is 2.68. The molecule has 1 amide bonds. The van der Waals surface area contributed by atoms with Crippen molar-refractivity contribution in [3.05, 3.63) is 51.5 Å². The van der Waals surface area contributed by atoms with Crippen molar-refractivity contribution < 1.29 is 9.53 Å². The Kier molecular flexibility index (Phi) is 5.72. The molecule has 0 radical (unpaired) electrons. The fourth-order valence-electron chi connectivity index (χ4n) is 2.10. The van der Waals surface area contributed by atoms with Crippen LogP contribution in [0.5, 0.6) is 5.75 Å². The van der Waals surface area contributed by atoms with Gasteiger partial charge < -0.3 is 10.1 Å². The van der Waals surface area contributed by atoms with Gasteiger partial charge in [-0.2, -0.15) is 0 Å². The third kappa shape index (κ3) is 4.70. The monoisotopic (exact) mass is 316 g/mol. The van der Waals surface area contributed by atoms with E-state index in [1.807, 2.05) is 31.4 Å². The lowest BCUT2D eigenvalue weighted by Crippen LogP contribution is -2.23. The van der Waals surface area contributed by atoms with Crippen molar-refractivity contribution >= 4 is 23.3 Å². The summed E-state index contributed by atoms with van der Waals surface area (Å²) in [6.07, 6.45) is 3.98. The van der Waals surface area contributed by atoms with Gasteiger partial charge in [0.15, 0.2) is 0 Å². The first kappa shape index (κ1) is 16.2. The Morgan fingerprint density at radius 2 is 2.23 bits per heavy atom. The molecule has 1 aromatic carbocycles. The van der Waals surface area contributed by atoms with Crippen molar-refractivity contribution in [3.63, 3.8) is 0 Å². The topological polar surface area (TPSA) is 51.2 Å². The number of methoxy groups -OCH3 is 1. The first-order valence-electron chi connectivity index (χ1n) is 7.10. The summed E-state index contributed by atoms with van der Waals surface area (Å²) in [6.45, 7) is 4.55. The van der Waals surface area contributed by atoms with Gasteiger partial charge in [0, 0.05) is 18.0 Å². The van der Waals surface area contributed by atoms with Gasteiger partial charge in [-0.3, -0.25) is 4.79 Å². The summed E-state index contributed by atoms with van der Waals surface area (Å²) in [6, 6.07) is 6.05. The maximum atomic E-state index is 11.8. The van der Waals surface area contributed by atoms with Crippen molar-refractivity contribution in [2.75, 3.05) is 13.7 Å². The van der Waals surface area contributed by atoms with E-state index in [4.69, 9.17) is 4.74 Å². The van der Waals surface area contributed by atoms with Crippen LogP contribution in [0.2, 0.25) is 0 Å². The minimum Gasteiger partial charge on any atom is -0.496 e. The quantitative estimate of drug-likeness (QED) is 0.833. The number of hydrogen-bond donors (Lipinski definition) is 1. The molecule has 5 heteroatoms. The van der Waals surface area contributed by atoms with E-state index in [0.717, 1.165) is 28.4 Å². The van der Waals surface area contributed by atoms with Gasteiger partial charge in [-0.1, -0.05) is 17.7 Å². The zero-order valence-electron chi connectivity index (χ0n) is 13.1. The van der Waals surface area contributed by atoms with E-state index >= 15 is 0 Å². The third-order valence-electron chi connectivity index (χ3n) is 3.17. The number of aryl methyl sites for hydroxylation is 2. The summed E-state index contributed by atoms with van der Waals surface area (Å²) in [5, 5.41) is 5.79. The average Bonchev–Trinajstić information content (AvgIpc) is 2.91.